The van der Waals surface area contributed by atoms with E-state index in [0.717, 1.165) is 13.0 Å². The highest BCUT2D eigenvalue weighted by Crippen LogP contribution is 2.38. The number of carbonyl (C=O) groups excluding carboxylic acids is 2. The van der Waals surface area contributed by atoms with Crippen molar-refractivity contribution in [3.8, 4) is 5.75 Å². The van der Waals surface area contributed by atoms with Gasteiger partial charge >= 0.3 is 6.18 Å². The molecule has 1 atom stereocenters. The number of benzene rings is 2. The Morgan fingerprint density at radius 3 is 2.28 bits per heavy atom. The molecule has 10 nitrogen and oxygen atoms in total. The van der Waals surface area contributed by atoms with Crippen LogP contribution in [0.25, 0.3) is 0 Å². The molecule has 0 aliphatic carbocycles. The fourth-order valence-corrected chi connectivity index (χ4v) is 2.51. The lowest BCUT2D eigenvalue weighted by atomic mass is 10.1. The summed E-state index contributed by atoms with van der Waals surface area (Å²) in [6, 6.07) is 7.25. The molecule has 0 unspecified atom stereocenters. The lowest BCUT2D eigenvalue weighted by molar-refractivity contribution is -0.388. The number of nitrogens with zero attached hydrogens (tertiary/aromatic N) is 2. The van der Waals surface area contributed by atoms with Crippen molar-refractivity contribution in [1.29, 1.82) is 0 Å². The summed E-state index contributed by atoms with van der Waals surface area (Å²) in [7, 11) is 0. The number of ether oxygens (including phenoxy) is 1. The molecule has 0 aromatic heterocycles. The first kappa shape index (κ1) is 24.6. The van der Waals surface area contributed by atoms with Crippen LogP contribution in [0.4, 0.5) is 30.2 Å². The molecule has 0 radical (unpaired) electrons. The molecule has 2 aromatic carbocycles. The van der Waals surface area contributed by atoms with Crippen molar-refractivity contribution >= 4 is 28.9 Å². The predicted molar refractivity (Wildman–Crippen MR) is 104 cm³/mol. The van der Waals surface area contributed by atoms with Crippen LogP contribution in [0.5, 0.6) is 5.75 Å². The SMILES string of the molecule is CC(=O)Nc1ccc(OC[C@](C)(O)C(=O)N(O)c2ccc([N+](=O)[O-])c(C(F)(F)F)c2)cc1. The standard InChI is InChI=1S/C19H18F3N3O7/c1-11(26)23-12-3-6-14(7-4-12)32-10-18(2,28)17(27)24(29)13-5-8-16(25(30)31)15(9-13)19(20,21)22/h3-9,28-29H,10H2,1-2H3,(H,23,26)/t18-/m0/s1. The van der Waals surface area contributed by atoms with E-state index in [4.69, 9.17) is 4.74 Å². The molecule has 32 heavy (non-hydrogen) atoms. The summed E-state index contributed by atoms with van der Waals surface area (Å²) in [5.74, 6) is -1.55. The maximum absolute atomic E-state index is 13.1. The number of aliphatic hydroxyl groups is 1. The highest BCUT2D eigenvalue weighted by atomic mass is 19.4. The third-order valence-electron chi connectivity index (χ3n) is 4.07. The van der Waals surface area contributed by atoms with Gasteiger partial charge in [-0.15, -0.1) is 0 Å². The third kappa shape index (κ3) is 5.92. The van der Waals surface area contributed by atoms with Gasteiger partial charge in [-0.1, -0.05) is 0 Å². The highest BCUT2D eigenvalue weighted by Gasteiger charge is 2.41. The number of carbonyl (C=O) groups is 2. The number of rotatable bonds is 7. The maximum Gasteiger partial charge on any atom is 0.423 e. The molecule has 2 amide bonds. The molecule has 0 spiro atoms. The molecular weight excluding hydrogens is 439 g/mol. The largest absolute Gasteiger partial charge is 0.490 e. The van der Waals surface area contributed by atoms with E-state index in [1.54, 1.807) is 0 Å². The molecule has 0 heterocycles. The Labute approximate surface area is 178 Å². The Balaban J connectivity index is 2.16. The van der Waals surface area contributed by atoms with Gasteiger partial charge in [0.15, 0.2) is 5.60 Å². The molecule has 0 saturated heterocycles. The smallest absolute Gasteiger partial charge is 0.423 e. The van der Waals surface area contributed by atoms with Crippen molar-refractivity contribution in [1.82, 2.24) is 0 Å². The van der Waals surface area contributed by atoms with Crippen molar-refractivity contribution in [3.63, 3.8) is 0 Å². The van der Waals surface area contributed by atoms with Crippen molar-refractivity contribution in [3.05, 3.63) is 58.1 Å². The molecule has 0 saturated carbocycles. The van der Waals surface area contributed by atoms with E-state index in [2.05, 4.69) is 5.32 Å². The van der Waals surface area contributed by atoms with Crippen LogP contribution >= 0.6 is 0 Å². The Morgan fingerprint density at radius 2 is 1.78 bits per heavy atom. The number of nitro benzene ring substituents is 1. The zero-order valence-corrected chi connectivity index (χ0v) is 16.7. The number of anilines is 2. The van der Waals surface area contributed by atoms with E-state index in [-0.39, 0.29) is 22.8 Å². The first-order valence-corrected chi connectivity index (χ1v) is 8.84. The molecule has 172 valence electrons. The molecule has 0 aliphatic rings. The molecule has 3 N–H and O–H groups in total. The van der Waals surface area contributed by atoms with Crippen molar-refractivity contribution in [2.24, 2.45) is 0 Å². The summed E-state index contributed by atoms with van der Waals surface area (Å²) in [5.41, 5.74) is -5.60. The second-order valence-electron chi connectivity index (χ2n) is 6.84. The summed E-state index contributed by atoms with van der Waals surface area (Å²) in [6.45, 7) is 1.58. The van der Waals surface area contributed by atoms with Gasteiger partial charge < -0.3 is 15.2 Å². The highest BCUT2D eigenvalue weighted by molar-refractivity contribution is 5.97. The van der Waals surface area contributed by atoms with Gasteiger partial charge in [-0.2, -0.15) is 18.2 Å². The Kier molecular flexibility index (Phi) is 7.06. The first-order chi connectivity index (χ1) is 14.7. The van der Waals surface area contributed by atoms with Crippen LogP contribution in [-0.4, -0.2) is 39.3 Å². The van der Waals surface area contributed by atoms with Gasteiger partial charge in [0.25, 0.3) is 11.6 Å². The van der Waals surface area contributed by atoms with Crippen LogP contribution in [0.15, 0.2) is 42.5 Å². The van der Waals surface area contributed by atoms with Gasteiger partial charge in [-0.05, 0) is 43.3 Å². The van der Waals surface area contributed by atoms with E-state index in [9.17, 15) is 43.2 Å². The molecule has 2 aromatic rings. The third-order valence-corrected chi connectivity index (χ3v) is 4.07. The quantitative estimate of drug-likeness (QED) is 0.329. The van der Waals surface area contributed by atoms with Crippen LogP contribution in [0, 0.1) is 10.1 Å². The molecule has 0 aliphatic heterocycles. The molecule has 2 rings (SSSR count). The van der Waals surface area contributed by atoms with E-state index in [0.29, 0.717) is 11.8 Å². The maximum atomic E-state index is 13.1. The van der Waals surface area contributed by atoms with Gasteiger partial charge in [0, 0.05) is 18.7 Å². The molecule has 13 heteroatoms. The Morgan fingerprint density at radius 1 is 1.19 bits per heavy atom. The predicted octanol–water partition coefficient (Wildman–Crippen LogP) is 3.12. The van der Waals surface area contributed by atoms with Crippen molar-refractivity contribution in [2.45, 2.75) is 25.6 Å². The Bertz CT molecular complexity index is 1020. The van der Waals surface area contributed by atoms with Crippen LogP contribution < -0.4 is 15.1 Å². The molecule has 0 bridgehead atoms. The van der Waals surface area contributed by atoms with E-state index < -0.39 is 46.2 Å². The van der Waals surface area contributed by atoms with Crippen LogP contribution in [-0.2, 0) is 15.8 Å². The van der Waals surface area contributed by atoms with Crippen molar-refractivity contribution in [2.75, 3.05) is 17.0 Å². The minimum atomic E-state index is -5.13. The average molecular weight is 457 g/mol. The van der Waals surface area contributed by atoms with Crippen molar-refractivity contribution < 1.29 is 42.7 Å². The zero-order valence-electron chi connectivity index (χ0n) is 16.7. The number of hydroxylamine groups is 1. The monoisotopic (exact) mass is 457 g/mol. The van der Waals surface area contributed by atoms with Gasteiger partial charge in [0.2, 0.25) is 5.91 Å². The topological polar surface area (TPSA) is 142 Å². The number of nitrogens with one attached hydrogen (secondary N) is 1. The fourth-order valence-electron chi connectivity index (χ4n) is 2.51. The number of alkyl halides is 3. The summed E-state index contributed by atoms with van der Waals surface area (Å²) >= 11 is 0. The zero-order chi connectivity index (χ0) is 24.3. The van der Waals surface area contributed by atoms with Crippen LogP contribution in [0.2, 0.25) is 0 Å². The first-order valence-electron chi connectivity index (χ1n) is 8.84. The summed E-state index contributed by atoms with van der Waals surface area (Å²) < 4.78 is 44.6. The lowest BCUT2D eigenvalue weighted by Gasteiger charge is -2.27. The second kappa shape index (κ2) is 9.20. The minimum Gasteiger partial charge on any atom is -0.490 e. The number of nitro groups is 1. The lowest BCUT2D eigenvalue weighted by Crippen LogP contribution is -2.49. The number of halogens is 3. The normalized spacial score (nSPS) is 13.1. The molecular formula is C19H18F3N3O7. The van der Waals surface area contributed by atoms with E-state index in [1.165, 1.54) is 31.2 Å². The number of hydrogen-bond donors (Lipinski definition) is 3. The number of hydrogen-bond acceptors (Lipinski definition) is 7. The summed E-state index contributed by atoms with van der Waals surface area (Å²) in [5, 5.41) is 33.5. The Hall–Kier alpha value is -3.71. The number of amides is 2. The van der Waals surface area contributed by atoms with Gasteiger partial charge in [-0.25, -0.2) is 0 Å². The van der Waals surface area contributed by atoms with E-state index >= 15 is 0 Å². The van der Waals surface area contributed by atoms with Gasteiger partial charge in [-0.3, -0.25) is 24.9 Å². The molecule has 0 fully saturated rings. The fraction of sp³-hybridized carbons (Fsp3) is 0.263. The van der Waals surface area contributed by atoms with Crippen LogP contribution in [0.3, 0.4) is 0 Å². The minimum absolute atomic E-state index is 0.186. The van der Waals surface area contributed by atoms with Gasteiger partial charge in [0.1, 0.15) is 17.9 Å². The van der Waals surface area contributed by atoms with Crippen LogP contribution in [0.1, 0.15) is 19.4 Å². The van der Waals surface area contributed by atoms with E-state index in [1.807, 2.05) is 0 Å². The summed E-state index contributed by atoms with van der Waals surface area (Å²) in [6.07, 6.45) is -5.13. The van der Waals surface area contributed by atoms with Gasteiger partial charge in [0.05, 0.1) is 10.6 Å². The summed E-state index contributed by atoms with van der Waals surface area (Å²) in [4.78, 5) is 33.0. The average Bonchev–Trinajstić information content (AvgIpc) is 2.70. The second-order valence-corrected chi connectivity index (χ2v) is 6.84.